The van der Waals surface area contributed by atoms with Crippen LogP contribution >= 0.6 is 12.4 Å². The number of amides is 2. The van der Waals surface area contributed by atoms with Crippen LogP contribution in [0.2, 0.25) is 0 Å². The van der Waals surface area contributed by atoms with Crippen molar-refractivity contribution in [2.75, 3.05) is 44.2 Å². The number of nitrogens with zero attached hydrogens (tertiary/aromatic N) is 3. The summed E-state index contributed by atoms with van der Waals surface area (Å²) in [4.78, 5) is 43.1. The third-order valence-electron chi connectivity index (χ3n) is 6.33. The Morgan fingerprint density at radius 2 is 1.64 bits per heavy atom. The molecule has 0 N–H and O–H groups in total. The molecule has 0 aromatic heterocycles. The van der Waals surface area contributed by atoms with Crippen LogP contribution in [0.1, 0.15) is 26.7 Å². The normalized spacial score (nSPS) is 23.0. The summed E-state index contributed by atoms with van der Waals surface area (Å²) in [6.45, 7) is 6.52. The molecule has 2 amide bonds. The zero-order chi connectivity index (χ0) is 22.8. The van der Waals surface area contributed by atoms with Crippen molar-refractivity contribution in [3.05, 3.63) is 36.2 Å². The molecule has 180 valence electrons. The second kappa shape index (κ2) is 10.7. The van der Waals surface area contributed by atoms with Gasteiger partial charge in [0.15, 0.2) is 5.78 Å². The van der Waals surface area contributed by atoms with Crippen molar-refractivity contribution in [2.45, 2.75) is 32.8 Å². The number of hydrogen-bond acceptors (Lipinski definition) is 6. The summed E-state index contributed by atoms with van der Waals surface area (Å²) in [5.41, 5.74) is 0.843. The van der Waals surface area contributed by atoms with Crippen LogP contribution in [-0.2, 0) is 14.4 Å². The minimum atomic E-state index is -0.338. The summed E-state index contributed by atoms with van der Waals surface area (Å²) in [7, 11) is 0. The highest BCUT2D eigenvalue weighted by molar-refractivity contribution is 6.07. The van der Waals surface area contributed by atoms with Gasteiger partial charge in [0, 0.05) is 32.2 Å². The van der Waals surface area contributed by atoms with E-state index in [0.29, 0.717) is 44.8 Å². The van der Waals surface area contributed by atoms with E-state index in [9.17, 15) is 18.8 Å². The first kappa shape index (κ1) is 25.2. The minimum Gasteiger partial charge on any atom is -0.489 e. The highest BCUT2D eigenvalue weighted by atomic mass is 35.5. The van der Waals surface area contributed by atoms with Gasteiger partial charge in [-0.2, -0.15) is 0 Å². The Bertz CT molecular complexity index is 904. The van der Waals surface area contributed by atoms with Gasteiger partial charge in [0.05, 0.1) is 36.7 Å². The largest absolute Gasteiger partial charge is 0.489 e. The van der Waals surface area contributed by atoms with Crippen molar-refractivity contribution in [1.82, 2.24) is 9.80 Å². The average Bonchev–Trinajstić information content (AvgIpc) is 2.99. The lowest BCUT2D eigenvalue weighted by Gasteiger charge is -2.36. The van der Waals surface area contributed by atoms with E-state index in [1.54, 1.807) is 6.07 Å². The number of fused-ring (bicyclic) bond motifs is 1. The van der Waals surface area contributed by atoms with E-state index in [2.05, 4.69) is 4.90 Å². The number of anilines is 1. The zero-order valence-electron chi connectivity index (χ0n) is 19.0. The monoisotopic (exact) mass is 479 g/mol. The standard InChI is InChI=1S/C24H30FN3O4.ClH/c1-16(2)32-22-13-17(25)7-8-21(22)27-11-9-26(10-12-27)14-18(29)15-28-23(30)19-5-3-4-6-20(19)24(28)31;/h3-4,7-8,13,16,19-20H,5-6,9-12,14-15H2,1-2H3;1H. The fourth-order valence-corrected chi connectivity index (χ4v) is 4.75. The number of ether oxygens (including phenoxy) is 1. The van der Waals surface area contributed by atoms with Crippen LogP contribution in [0.15, 0.2) is 30.4 Å². The molecular formula is C24H31ClFN3O4. The Labute approximate surface area is 199 Å². The van der Waals surface area contributed by atoms with Gasteiger partial charge in [-0.15, -0.1) is 12.4 Å². The van der Waals surface area contributed by atoms with E-state index in [-0.39, 0.29) is 66.9 Å². The molecule has 1 aromatic carbocycles. The maximum absolute atomic E-state index is 13.7. The number of piperazine rings is 1. The summed E-state index contributed by atoms with van der Waals surface area (Å²) in [6, 6.07) is 4.56. The Balaban J connectivity index is 0.00000306. The maximum atomic E-state index is 13.7. The molecule has 0 saturated carbocycles. The van der Waals surface area contributed by atoms with E-state index >= 15 is 0 Å². The summed E-state index contributed by atoms with van der Waals surface area (Å²) in [5.74, 6) is -0.976. The summed E-state index contributed by atoms with van der Waals surface area (Å²) in [6.07, 6.45) is 4.97. The molecule has 4 rings (SSSR count). The predicted octanol–water partition coefficient (Wildman–Crippen LogP) is 2.68. The van der Waals surface area contributed by atoms with E-state index < -0.39 is 0 Å². The molecule has 2 heterocycles. The van der Waals surface area contributed by atoms with Crippen molar-refractivity contribution in [1.29, 1.82) is 0 Å². The molecule has 7 nitrogen and oxygen atoms in total. The van der Waals surface area contributed by atoms with Crippen LogP contribution in [-0.4, -0.2) is 72.8 Å². The molecule has 1 aliphatic carbocycles. The lowest BCUT2D eigenvalue weighted by molar-refractivity contribution is -0.143. The highest BCUT2D eigenvalue weighted by Gasteiger charge is 2.47. The number of Topliss-reactive ketones (excluding diaryl/α,β-unsaturated/α-hetero) is 1. The maximum Gasteiger partial charge on any atom is 0.233 e. The number of allylic oxidation sites excluding steroid dienone is 2. The molecule has 2 unspecified atom stereocenters. The number of rotatable bonds is 7. The molecule has 2 saturated heterocycles. The van der Waals surface area contributed by atoms with Gasteiger partial charge in [0.1, 0.15) is 11.6 Å². The molecular weight excluding hydrogens is 449 g/mol. The van der Waals surface area contributed by atoms with Crippen LogP contribution in [0.3, 0.4) is 0 Å². The van der Waals surface area contributed by atoms with Crippen LogP contribution < -0.4 is 9.64 Å². The number of carbonyl (C=O) groups is 3. The number of carbonyl (C=O) groups excluding carboxylic acids is 3. The SMILES string of the molecule is CC(C)Oc1cc(F)ccc1N1CCN(CC(=O)CN2C(=O)C3CC=CCC3C2=O)CC1.Cl. The van der Waals surface area contributed by atoms with Gasteiger partial charge in [-0.3, -0.25) is 24.2 Å². The first-order valence-electron chi connectivity index (χ1n) is 11.3. The van der Waals surface area contributed by atoms with Gasteiger partial charge in [-0.25, -0.2) is 4.39 Å². The van der Waals surface area contributed by atoms with Crippen LogP contribution in [0.25, 0.3) is 0 Å². The molecule has 0 radical (unpaired) electrons. The van der Waals surface area contributed by atoms with E-state index in [4.69, 9.17) is 4.74 Å². The summed E-state index contributed by atoms with van der Waals surface area (Å²) >= 11 is 0. The third kappa shape index (κ3) is 5.55. The fraction of sp³-hybridized carbons (Fsp3) is 0.542. The molecule has 2 aliphatic heterocycles. The smallest absolute Gasteiger partial charge is 0.233 e. The number of ketones is 1. The van der Waals surface area contributed by atoms with E-state index in [0.717, 1.165) is 10.6 Å². The van der Waals surface area contributed by atoms with Crippen LogP contribution in [0, 0.1) is 17.7 Å². The molecule has 33 heavy (non-hydrogen) atoms. The number of hydrogen-bond donors (Lipinski definition) is 0. The minimum absolute atomic E-state index is 0. The van der Waals surface area contributed by atoms with Gasteiger partial charge in [0.25, 0.3) is 0 Å². The number of benzene rings is 1. The van der Waals surface area contributed by atoms with Crippen molar-refractivity contribution >= 4 is 35.7 Å². The van der Waals surface area contributed by atoms with Crippen LogP contribution in [0.4, 0.5) is 10.1 Å². The van der Waals surface area contributed by atoms with Gasteiger partial charge in [-0.1, -0.05) is 12.2 Å². The second-order valence-corrected chi connectivity index (χ2v) is 9.00. The molecule has 2 atom stereocenters. The average molecular weight is 480 g/mol. The quantitative estimate of drug-likeness (QED) is 0.442. The second-order valence-electron chi connectivity index (χ2n) is 9.00. The van der Waals surface area contributed by atoms with Gasteiger partial charge >= 0.3 is 0 Å². The van der Waals surface area contributed by atoms with Gasteiger partial charge in [0.2, 0.25) is 11.8 Å². The first-order chi connectivity index (χ1) is 15.3. The van der Waals surface area contributed by atoms with Crippen molar-refractivity contribution < 1.29 is 23.5 Å². The topological polar surface area (TPSA) is 70.2 Å². The molecule has 1 aromatic rings. The Kier molecular flexibility index (Phi) is 8.13. The predicted molar refractivity (Wildman–Crippen MR) is 125 cm³/mol. The Hall–Kier alpha value is -2.45. The van der Waals surface area contributed by atoms with Gasteiger partial charge in [-0.05, 0) is 38.8 Å². The van der Waals surface area contributed by atoms with E-state index in [1.165, 1.54) is 12.1 Å². The van der Waals surface area contributed by atoms with E-state index in [1.807, 2.05) is 30.9 Å². The molecule has 3 aliphatic rings. The number of likely N-dealkylation sites (tertiary alicyclic amines) is 1. The Morgan fingerprint density at radius 1 is 1.03 bits per heavy atom. The summed E-state index contributed by atoms with van der Waals surface area (Å²) < 4.78 is 19.5. The molecule has 0 bridgehead atoms. The van der Waals surface area contributed by atoms with Gasteiger partial charge < -0.3 is 9.64 Å². The lowest BCUT2D eigenvalue weighted by Crippen LogP contribution is -2.49. The van der Waals surface area contributed by atoms with Crippen molar-refractivity contribution in [3.63, 3.8) is 0 Å². The number of halogens is 2. The first-order valence-corrected chi connectivity index (χ1v) is 11.3. The lowest BCUT2D eigenvalue weighted by atomic mass is 9.85. The molecule has 0 spiro atoms. The van der Waals surface area contributed by atoms with Crippen LogP contribution in [0.5, 0.6) is 5.75 Å². The highest BCUT2D eigenvalue weighted by Crippen LogP contribution is 2.35. The zero-order valence-corrected chi connectivity index (χ0v) is 19.9. The van der Waals surface area contributed by atoms with Crippen molar-refractivity contribution in [3.8, 4) is 5.75 Å². The molecule has 2 fully saturated rings. The Morgan fingerprint density at radius 3 is 2.21 bits per heavy atom. The van der Waals surface area contributed by atoms with Crippen molar-refractivity contribution in [2.24, 2.45) is 11.8 Å². The fourth-order valence-electron chi connectivity index (χ4n) is 4.75. The third-order valence-corrected chi connectivity index (χ3v) is 6.33. The molecule has 9 heteroatoms. The summed E-state index contributed by atoms with van der Waals surface area (Å²) in [5, 5.41) is 0. The number of imide groups is 1.